The second kappa shape index (κ2) is 5.50. The maximum absolute atomic E-state index is 5.46. The highest BCUT2D eigenvalue weighted by Crippen LogP contribution is 2.35. The topological polar surface area (TPSA) is 12.5 Å². The number of allylic oxidation sites excluding steroid dienone is 2. The van der Waals surface area contributed by atoms with Crippen LogP contribution >= 0.6 is 0 Å². The zero-order chi connectivity index (χ0) is 14.1. The van der Waals surface area contributed by atoms with E-state index in [1.165, 1.54) is 22.3 Å². The van der Waals surface area contributed by atoms with Gasteiger partial charge < -0.3 is 4.74 Å². The fourth-order valence-corrected chi connectivity index (χ4v) is 3.30. The molecule has 0 bridgehead atoms. The standard InChI is InChI=1S/C10H10O.C10H10/c1-2-4-8-6-10-9(11-10)5-7(8)3-1;1-2-6-10-8-4-3-7-9(10)5-1/h1-4,9-10H,5-6H2;1-6H,7-8H2. The van der Waals surface area contributed by atoms with Crippen molar-refractivity contribution in [2.75, 3.05) is 0 Å². The van der Waals surface area contributed by atoms with Gasteiger partial charge in [-0.3, -0.25) is 0 Å². The van der Waals surface area contributed by atoms with E-state index in [4.69, 9.17) is 4.74 Å². The number of hydrogen-bond acceptors (Lipinski definition) is 1. The third-order valence-corrected chi connectivity index (χ3v) is 4.61. The average Bonchev–Trinajstić information content (AvgIpc) is 3.31. The Balaban J connectivity index is 0.000000110. The molecular formula is C20H20O. The summed E-state index contributed by atoms with van der Waals surface area (Å²) in [5, 5.41) is 0. The van der Waals surface area contributed by atoms with Crippen molar-refractivity contribution in [1.82, 2.24) is 0 Å². The van der Waals surface area contributed by atoms with Gasteiger partial charge in [0.25, 0.3) is 0 Å². The molecule has 2 aromatic carbocycles. The molecule has 2 aromatic rings. The molecule has 3 aliphatic rings. The van der Waals surface area contributed by atoms with E-state index < -0.39 is 0 Å². The summed E-state index contributed by atoms with van der Waals surface area (Å²) in [5.41, 5.74) is 5.97. The molecule has 1 fully saturated rings. The molecule has 0 radical (unpaired) electrons. The Morgan fingerprint density at radius 1 is 0.619 bits per heavy atom. The maximum atomic E-state index is 5.46. The molecular weight excluding hydrogens is 256 g/mol. The van der Waals surface area contributed by atoms with Gasteiger partial charge in [-0.2, -0.15) is 0 Å². The van der Waals surface area contributed by atoms with Crippen LogP contribution in [0, 0.1) is 0 Å². The van der Waals surface area contributed by atoms with E-state index in [9.17, 15) is 0 Å². The lowest BCUT2D eigenvalue weighted by molar-refractivity contribution is 0.375. The van der Waals surface area contributed by atoms with E-state index in [1.54, 1.807) is 0 Å². The number of rotatable bonds is 0. The van der Waals surface area contributed by atoms with Crippen molar-refractivity contribution in [3.63, 3.8) is 0 Å². The van der Waals surface area contributed by atoms with Crippen molar-refractivity contribution in [3.05, 3.63) is 82.9 Å². The molecule has 1 heterocycles. The van der Waals surface area contributed by atoms with Crippen LogP contribution in [0.1, 0.15) is 22.3 Å². The molecule has 21 heavy (non-hydrogen) atoms. The SMILES string of the molecule is C1=CCc2ccccc2C1.c1ccc2c(c1)CC1OC1C2. The second-order valence-electron chi connectivity index (χ2n) is 6.04. The van der Waals surface area contributed by atoms with Crippen molar-refractivity contribution >= 4 is 0 Å². The van der Waals surface area contributed by atoms with Crippen LogP contribution in [0.5, 0.6) is 0 Å². The van der Waals surface area contributed by atoms with Crippen LogP contribution in [-0.4, -0.2) is 12.2 Å². The van der Waals surface area contributed by atoms with Crippen LogP contribution in [0.25, 0.3) is 0 Å². The van der Waals surface area contributed by atoms with Crippen LogP contribution in [0.3, 0.4) is 0 Å². The molecule has 0 N–H and O–H groups in total. The van der Waals surface area contributed by atoms with Crippen molar-refractivity contribution in [1.29, 1.82) is 0 Å². The average molecular weight is 276 g/mol. The van der Waals surface area contributed by atoms with Crippen molar-refractivity contribution in [2.24, 2.45) is 0 Å². The Hall–Kier alpha value is -1.86. The molecule has 0 amide bonds. The van der Waals surface area contributed by atoms with Gasteiger partial charge in [-0.1, -0.05) is 60.7 Å². The third-order valence-electron chi connectivity index (χ3n) is 4.61. The first-order valence-electron chi connectivity index (χ1n) is 7.84. The summed E-state index contributed by atoms with van der Waals surface area (Å²) in [7, 11) is 0. The number of benzene rings is 2. The van der Waals surface area contributed by atoms with Gasteiger partial charge in [-0.05, 0) is 35.1 Å². The molecule has 0 spiro atoms. The van der Waals surface area contributed by atoms with Crippen LogP contribution in [-0.2, 0) is 30.4 Å². The molecule has 1 nitrogen and oxygen atoms in total. The van der Waals surface area contributed by atoms with Crippen LogP contribution in [0.4, 0.5) is 0 Å². The molecule has 0 aromatic heterocycles. The maximum Gasteiger partial charge on any atom is 0.0885 e. The van der Waals surface area contributed by atoms with Crippen molar-refractivity contribution in [2.45, 2.75) is 37.9 Å². The molecule has 0 saturated carbocycles. The van der Waals surface area contributed by atoms with Crippen molar-refractivity contribution < 1.29 is 4.74 Å². The first-order chi connectivity index (χ1) is 10.4. The van der Waals surface area contributed by atoms with Crippen LogP contribution in [0.2, 0.25) is 0 Å². The predicted molar refractivity (Wildman–Crippen MR) is 85.5 cm³/mol. The van der Waals surface area contributed by atoms with Gasteiger partial charge in [0.05, 0.1) is 12.2 Å². The lowest BCUT2D eigenvalue weighted by Crippen LogP contribution is -2.11. The highest BCUT2D eigenvalue weighted by molar-refractivity contribution is 5.34. The Morgan fingerprint density at radius 2 is 1.05 bits per heavy atom. The summed E-state index contributed by atoms with van der Waals surface area (Å²) in [4.78, 5) is 0. The van der Waals surface area contributed by atoms with Gasteiger partial charge in [0.2, 0.25) is 0 Å². The normalized spacial score (nSPS) is 24.0. The molecule has 1 heteroatoms. The van der Waals surface area contributed by atoms with Gasteiger partial charge in [0.15, 0.2) is 0 Å². The molecule has 106 valence electrons. The Morgan fingerprint density at radius 3 is 1.52 bits per heavy atom. The van der Waals surface area contributed by atoms with Gasteiger partial charge >= 0.3 is 0 Å². The lowest BCUT2D eigenvalue weighted by Gasteiger charge is -2.10. The largest absolute Gasteiger partial charge is 0.369 e. The molecule has 2 aliphatic carbocycles. The lowest BCUT2D eigenvalue weighted by atomic mass is 9.92. The summed E-state index contributed by atoms with van der Waals surface area (Å²) in [6.45, 7) is 0. The molecule has 1 aliphatic heterocycles. The summed E-state index contributed by atoms with van der Waals surface area (Å²) in [5.74, 6) is 0. The second-order valence-corrected chi connectivity index (χ2v) is 6.04. The zero-order valence-corrected chi connectivity index (χ0v) is 12.2. The minimum atomic E-state index is 0.560. The van der Waals surface area contributed by atoms with E-state index in [2.05, 4.69) is 60.7 Å². The number of epoxide rings is 1. The number of ether oxygens (including phenoxy) is 1. The van der Waals surface area contributed by atoms with E-state index in [-0.39, 0.29) is 0 Å². The molecule has 2 atom stereocenters. The number of fused-ring (bicyclic) bond motifs is 3. The van der Waals surface area contributed by atoms with Gasteiger partial charge in [-0.25, -0.2) is 0 Å². The van der Waals surface area contributed by atoms with Gasteiger partial charge in [-0.15, -0.1) is 0 Å². The smallest absolute Gasteiger partial charge is 0.0885 e. The summed E-state index contributed by atoms with van der Waals surface area (Å²) >= 11 is 0. The minimum Gasteiger partial charge on any atom is -0.369 e. The predicted octanol–water partition coefficient (Wildman–Crippen LogP) is 3.89. The monoisotopic (exact) mass is 276 g/mol. The van der Waals surface area contributed by atoms with E-state index in [0.717, 1.165) is 25.7 Å². The Kier molecular flexibility index (Phi) is 3.36. The fraction of sp³-hybridized carbons (Fsp3) is 0.300. The summed E-state index contributed by atoms with van der Waals surface area (Å²) in [6, 6.07) is 17.3. The van der Waals surface area contributed by atoms with E-state index in [1.807, 2.05) is 0 Å². The molecule has 5 rings (SSSR count). The minimum absolute atomic E-state index is 0.560. The first-order valence-corrected chi connectivity index (χ1v) is 7.84. The fourth-order valence-electron chi connectivity index (χ4n) is 3.30. The zero-order valence-electron chi connectivity index (χ0n) is 12.2. The molecule has 2 unspecified atom stereocenters. The van der Waals surface area contributed by atoms with Crippen LogP contribution in [0.15, 0.2) is 60.7 Å². The van der Waals surface area contributed by atoms with E-state index in [0.29, 0.717) is 12.2 Å². The summed E-state index contributed by atoms with van der Waals surface area (Å²) in [6.07, 6.45) is 10.1. The highest BCUT2D eigenvalue weighted by atomic mass is 16.6. The Labute approximate surface area is 126 Å². The summed E-state index contributed by atoms with van der Waals surface area (Å²) < 4.78 is 5.46. The van der Waals surface area contributed by atoms with Gasteiger partial charge in [0, 0.05) is 12.8 Å². The third kappa shape index (κ3) is 2.79. The van der Waals surface area contributed by atoms with Crippen molar-refractivity contribution in [3.8, 4) is 0 Å². The van der Waals surface area contributed by atoms with Gasteiger partial charge in [0.1, 0.15) is 0 Å². The van der Waals surface area contributed by atoms with E-state index >= 15 is 0 Å². The van der Waals surface area contributed by atoms with Crippen LogP contribution < -0.4 is 0 Å². The quantitative estimate of drug-likeness (QED) is 0.525. The number of hydrogen-bond donors (Lipinski definition) is 0. The molecule has 1 saturated heterocycles. The first kappa shape index (κ1) is 12.8. The highest BCUT2D eigenvalue weighted by Gasteiger charge is 2.42. The Bertz CT molecular complexity index is 615.